The van der Waals surface area contributed by atoms with Crippen molar-refractivity contribution in [1.29, 1.82) is 0 Å². The van der Waals surface area contributed by atoms with Crippen LogP contribution >= 0.6 is 11.3 Å². The molecule has 0 amide bonds. The van der Waals surface area contributed by atoms with E-state index in [1.165, 1.54) is 5.01 Å². The highest BCUT2D eigenvalue weighted by Gasteiger charge is 2.08. The summed E-state index contributed by atoms with van der Waals surface area (Å²) in [5.41, 5.74) is 10.1. The highest BCUT2D eigenvalue weighted by molar-refractivity contribution is 7.09. The van der Waals surface area contributed by atoms with Crippen molar-refractivity contribution in [3.05, 3.63) is 44.9 Å². The Kier molecular flexibility index (Phi) is 5.15. The van der Waals surface area contributed by atoms with Crippen molar-refractivity contribution in [3.8, 4) is 5.75 Å². The average molecular weight is 290 g/mol. The Bertz CT molecular complexity index is 555. The number of nitrogens with zero attached hydrogens (tertiary/aromatic N) is 1. The number of aromatic nitrogens is 1. The summed E-state index contributed by atoms with van der Waals surface area (Å²) in [6.45, 7) is 7.39. The Hall–Kier alpha value is -1.39. The number of benzene rings is 1. The SMILES string of the molecule is CCCc1nc(COc2c(C)cc(CN)cc2C)cs1. The molecule has 108 valence electrons. The van der Waals surface area contributed by atoms with Crippen LogP contribution in [-0.4, -0.2) is 4.98 Å². The number of ether oxygens (including phenoxy) is 1. The van der Waals surface area contributed by atoms with Gasteiger partial charge in [0, 0.05) is 11.9 Å². The molecule has 3 nitrogen and oxygen atoms in total. The van der Waals surface area contributed by atoms with E-state index in [4.69, 9.17) is 10.5 Å². The molecule has 1 aromatic carbocycles. The Morgan fingerprint density at radius 1 is 1.25 bits per heavy atom. The maximum absolute atomic E-state index is 5.95. The van der Waals surface area contributed by atoms with Crippen LogP contribution in [0.4, 0.5) is 0 Å². The molecule has 0 radical (unpaired) electrons. The van der Waals surface area contributed by atoms with Gasteiger partial charge in [-0.05, 0) is 43.4 Å². The van der Waals surface area contributed by atoms with Gasteiger partial charge in [0.25, 0.3) is 0 Å². The van der Waals surface area contributed by atoms with Gasteiger partial charge >= 0.3 is 0 Å². The fourth-order valence-corrected chi connectivity index (χ4v) is 3.16. The second-order valence-corrected chi connectivity index (χ2v) is 5.98. The van der Waals surface area contributed by atoms with Gasteiger partial charge in [-0.25, -0.2) is 4.98 Å². The van der Waals surface area contributed by atoms with Crippen molar-refractivity contribution in [1.82, 2.24) is 4.98 Å². The first kappa shape index (κ1) is 15.0. The maximum atomic E-state index is 5.95. The zero-order valence-electron chi connectivity index (χ0n) is 12.4. The molecule has 0 spiro atoms. The van der Waals surface area contributed by atoms with Crippen molar-refractivity contribution in [3.63, 3.8) is 0 Å². The van der Waals surface area contributed by atoms with Gasteiger partial charge in [0.1, 0.15) is 12.4 Å². The van der Waals surface area contributed by atoms with Crippen LogP contribution < -0.4 is 10.5 Å². The lowest BCUT2D eigenvalue weighted by atomic mass is 10.1. The maximum Gasteiger partial charge on any atom is 0.131 e. The normalized spacial score (nSPS) is 10.8. The Morgan fingerprint density at radius 2 is 1.95 bits per heavy atom. The predicted octanol–water partition coefficient (Wildman–Crippen LogP) is 3.75. The Labute approximate surface area is 124 Å². The first-order valence-corrected chi connectivity index (χ1v) is 7.88. The van der Waals surface area contributed by atoms with E-state index >= 15 is 0 Å². The van der Waals surface area contributed by atoms with Crippen LogP contribution in [0.1, 0.15) is 40.7 Å². The highest BCUT2D eigenvalue weighted by Crippen LogP contribution is 2.26. The fraction of sp³-hybridized carbons (Fsp3) is 0.438. The molecule has 2 aromatic rings. The van der Waals surface area contributed by atoms with Crippen LogP contribution in [0, 0.1) is 13.8 Å². The van der Waals surface area contributed by atoms with Gasteiger partial charge in [-0.15, -0.1) is 11.3 Å². The smallest absolute Gasteiger partial charge is 0.131 e. The monoisotopic (exact) mass is 290 g/mol. The number of rotatable bonds is 6. The molecule has 2 rings (SSSR count). The average Bonchev–Trinajstić information content (AvgIpc) is 2.85. The van der Waals surface area contributed by atoms with Gasteiger partial charge in [-0.2, -0.15) is 0 Å². The standard InChI is InChI=1S/C16H22N2OS/c1-4-5-15-18-14(10-20-15)9-19-16-11(2)6-13(8-17)7-12(16)3/h6-7,10H,4-5,8-9,17H2,1-3H3. The molecule has 0 unspecified atom stereocenters. The minimum absolute atomic E-state index is 0.532. The Morgan fingerprint density at radius 3 is 2.55 bits per heavy atom. The summed E-state index contributed by atoms with van der Waals surface area (Å²) in [4.78, 5) is 4.58. The molecule has 1 aromatic heterocycles. The fourth-order valence-electron chi connectivity index (χ4n) is 2.28. The summed E-state index contributed by atoms with van der Waals surface area (Å²) in [7, 11) is 0. The molecule has 0 aliphatic rings. The van der Waals surface area contributed by atoms with E-state index in [9.17, 15) is 0 Å². The molecule has 4 heteroatoms. The first-order valence-electron chi connectivity index (χ1n) is 7.00. The van der Waals surface area contributed by atoms with Crippen LogP contribution in [0.2, 0.25) is 0 Å². The third-order valence-corrected chi connectivity index (χ3v) is 4.14. The van der Waals surface area contributed by atoms with E-state index < -0.39 is 0 Å². The van der Waals surface area contributed by atoms with E-state index in [-0.39, 0.29) is 0 Å². The minimum atomic E-state index is 0.532. The van der Waals surface area contributed by atoms with Gasteiger partial charge < -0.3 is 10.5 Å². The summed E-state index contributed by atoms with van der Waals surface area (Å²) in [5.74, 6) is 0.951. The van der Waals surface area contributed by atoms with E-state index in [2.05, 4.69) is 43.3 Å². The second kappa shape index (κ2) is 6.86. The summed E-state index contributed by atoms with van der Waals surface area (Å²) < 4.78 is 5.95. The van der Waals surface area contributed by atoms with E-state index in [0.717, 1.165) is 41.0 Å². The molecule has 0 fully saturated rings. The summed E-state index contributed by atoms with van der Waals surface area (Å²) >= 11 is 1.72. The molecule has 0 aliphatic carbocycles. The molecular weight excluding hydrogens is 268 g/mol. The summed E-state index contributed by atoms with van der Waals surface area (Å²) in [6, 6.07) is 4.18. The van der Waals surface area contributed by atoms with Crippen molar-refractivity contribution in [2.24, 2.45) is 5.73 Å². The highest BCUT2D eigenvalue weighted by atomic mass is 32.1. The molecule has 0 atom stereocenters. The molecule has 1 heterocycles. The van der Waals surface area contributed by atoms with Gasteiger partial charge in [0.2, 0.25) is 0 Å². The number of hydrogen-bond donors (Lipinski definition) is 1. The van der Waals surface area contributed by atoms with Gasteiger partial charge in [-0.3, -0.25) is 0 Å². The number of thiazole rings is 1. The largest absolute Gasteiger partial charge is 0.487 e. The van der Waals surface area contributed by atoms with Crippen molar-refractivity contribution in [2.75, 3.05) is 0 Å². The van der Waals surface area contributed by atoms with Crippen molar-refractivity contribution in [2.45, 2.75) is 46.8 Å². The predicted molar refractivity (Wildman–Crippen MR) is 84.2 cm³/mol. The zero-order valence-corrected chi connectivity index (χ0v) is 13.2. The molecule has 0 saturated carbocycles. The molecule has 0 bridgehead atoms. The lowest BCUT2D eigenvalue weighted by molar-refractivity contribution is 0.297. The molecule has 0 aliphatic heterocycles. The van der Waals surface area contributed by atoms with Crippen LogP contribution in [0.5, 0.6) is 5.75 Å². The second-order valence-electron chi connectivity index (χ2n) is 5.03. The molecule has 2 N–H and O–H groups in total. The lowest BCUT2D eigenvalue weighted by Gasteiger charge is -2.12. The summed E-state index contributed by atoms with van der Waals surface area (Å²) in [6.07, 6.45) is 2.18. The molecule has 0 saturated heterocycles. The number of nitrogens with two attached hydrogens (primary N) is 1. The van der Waals surface area contributed by atoms with Crippen molar-refractivity contribution < 1.29 is 4.74 Å². The van der Waals surface area contributed by atoms with Gasteiger partial charge in [-0.1, -0.05) is 19.1 Å². The van der Waals surface area contributed by atoms with Crippen LogP contribution in [-0.2, 0) is 19.6 Å². The van der Waals surface area contributed by atoms with E-state index in [1.807, 2.05) is 0 Å². The zero-order chi connectivity index (χ0) is 14.5. The summed E-state index contributed by atoms with van der Waals surface area (Å²) in [5, 5.41) is 3.28. The van der Waals surface area contributed by atoms with Gasteiger partial charge in [0.15, 0.2) is 0 Å². The van der Waals surface area contributed by atoms with Crippen LogP contribution in [0.25, 0.3) is 0 Å². The lowest BCUT2D eigenvalue weighted by Crippen LogP contribution is -2.02. The van der Waals surface area contributed by atoms with E-state index in [0.29, 0.717) is 13.2 Å². The topological polar surface area (TPSA) is 48.1 Å². The third-order valence-electron chi connectivity index (χ3n) is 3.18. The van der Waals surface area contributed by atoms with Gasteiger partial charge in [0.05, 0.1) is 10.7 Å². The van der Waals surface area contributed by atoms with Crippen LogP contribution in [0.15, 0.2) is 17.5 Å². The molecule has 20 heavy (non-hydrogen) atoms. The Balaban J connectivity index is 2.06. The minimum Gasteiger partial charge on any atom is -0.487 e. The third kappa shape index (κ3) is 3.58. The number of hydrogen-bond acceptors (Lipinski definition) is 4. The first-order chi connectivity index (χ1) is 9.63. The van der Waals surface area contributed by atoms with Crippen molar-refractivity contribution >= 4 is 11.3 Å². The van der Waals surface area contributed by atoms with Crippen LogP contribution in [0.3, 0.4) is 0 Å². The quantitative estimate of drug-likeness (QED) is 0.881. The molecular formula is C16H22N2OS. The van der Waals surface area contributed by atoms with E-state index in [1.54, 1.807) is 11.3 Å². The number of aryl methyl sites for hydroxylation is 3.